The van der Waals surface area contributed by atoms with Crippen molar-refractivity contribution in [1.82, 2.24) is 14.9 Å². The van der Waals surface area contributed by atoms with Crippen LogP contribution in [0.4, 0.5) is 0 Å². The van der Waals surface area contributed by atoms with Crippen molar-refractivity contribution < 1.29 is 14.7 Å². The molecular formula is C13H15N3O4S. The molecule has 1 aromatic rings. The summed E-state index contributed by atoms with van der Waals surface area (Å²) in [5, 5.41) is 12.3. The van der Waals surface area contributed by atoms with Gasteiger partial charge in [0.2, 0.25) is 0 Å². The zero-order valence-electron chi connectivity index (χ0n) is 11.2. The first-order chi connectivity index (χ1) is 10.1. The molecule has 2 atom stereocenters. The quantitative estimate of drug-likeness (QED) is 0.780. The van der Waals surface area contributed by atoms with Crippen LogP contribution in [0.1, 0.15) is 29.6 Å². The third-order valence-electron chi connectivity index (χ3n) is 3.92. The monoisotopic (exact) mass is 309 g/mol. The van der Waals surface area contributed by atoms with Crippen molar-refractivity contribution in [2.75, 3.05) is 5.75 Å². The minimum Gasteiger partial charge on any atom is -0.481 e. The maximum Gasteiger partial charge on any atom is 0.306 e. The zero-order chi connectivity index (χ0) is 15.0. The molecule has 2 aliphatic rings. The molecule has 1 amide bonds. The summed E-state index contributed by atoms with van der Waals surface area (Å²) in [6.45, 7) is 0.567. The molecule has 1 aliphatic heterocycles. The number of amides is 1. The number of fused-ring (bicyclic) bond motifs is 1. The second-order valence-corrected chi connectivity index (χ2v) is 6.34. The van der Waals surface area contributed by atoms with Crippen molar-refractivity contribution in [2.24, 2.45) is 5.92 Å². The zero-order valence-corrected chi connectivity index (χ0v) is 12.1. The van der Waals surface area contributed by atoms with E-state index in [4.69, 9.17) is 5.11 Å². The number of carbonyl (C=O) groups is 2. The molecule has 8 heteroatoms. The maximum absolute atomic E-state index is 12.2. The molecule has 0 aromatic carbocycles. The van der Waals surface area contributed by atoms with Crippen LogP contribution in [0.15, 0.2) is 16.1 Å². The fourth-order valence-corrected chi connectivity index (χ4v) is 3.69. The van der Waals surface area contributed by atoms with Crippen LogP contribution in [0.5, 0.6) is 0 Å². The minimum atomic E-state index is -0.831. The first kappa shape index (κ1) is 14.1. The van der Waals surface area contributed by atoms with Gasteiger partial charge in [0, 0.05) is 24.5 Å². The highest BCUT2D eigenvalue weighted by molar-refractivity contribution is 7.99. The smallest absolute Gasteiger partial charge is 0.306 e. The summed E-state index contributed by atoms with van der Waals surface area (Å²) in [5.41, 5.74) is -0.296. The summed E-state index contributed by atoms with van der Waals surface area (Å²) in [6.07, 6.45) is 2.90. The second kappa shape index (κ2) is 5.51. The van der Waals surface area contributed by atoms with E-state index >= 15 is 0 Å². The second-order valence-electron chi connectivity index (χ2n) is 5.28. The maximum atomic E-state index is 12.2. The van der Waals surface area contributed by atoms with Crippen LogP contribution in [-0.2, 0) is 11.3 Å². The number of carboxylic acids is 1. The molecule has 0 spiro atoms. The molecule has 2 heterocycles. The number of aliphatic carboxylic acids is 1. The van der Waals surface area contributed by atoms with E-state index in [9.17, 15) is 14.4 Å². The molecule has 3 rings (SSSR count). The molecule has 1 aromatic heterocycles. The largest absolute Gasteiger partial charge is 0.481 e. The van der Waals surface area contributed by atoms with E-state index in [0.29, 0.717) is 31.0 Å². The van der Waals surface area contributed by atoms with E-state index in [-0.39, 0.29) is 17.2 Å². The van der Waals surface area contributed by atoms with Gasteiger partial charge in [0.25, 0.3) is 11.5 Å². The van der Waals surface area contributed by atoms with Crippen LogP contribution in [0, 0.1) is 5.92 Å². The van der Waals surface area contributed by atoms with Gasteiger partial charge in [-0.05, 0) is 19.3 Å². The lowest BCUT2D eigenvalue weighted by Crippen LogP contribution is -2.38. The fraction of sp³-hybridized carbons (Fsp3) is 0.538. The summed E-state index contributed by atoms with van der Waals surface area (Å²) in [4.78, 5) is 39.4. The van der Waals surface area contributed by atoms with Crippen molar-refractivity contribution in [3.05, 3.63) is 22.1 Å². The Morgan fingerprint density at radius 3 is 2.95 bits per heavy atom. The van der Waals surface area contributed by atoms with Gasteiger partial charge in [-0.1, -0.05) is 11.8 Å². The van der Waals surface area contributed by atoms with E-state index in [1.807, 2.05) is 0 Å². The number of rotatable bonds is 3. The molecule has 0 bridgehead atoms. The Labute approximate surface area is 124 Å². The molecule has 1 aliphatic carbocycles. The first-order valence-electron chi connectivity index (χ1n) is 6.82. The molecular weight excluding hydrogens is 294 g/mol. The minimum absolute atomic E-state index is 0.0278. The van der Waals surface area contributed by atoms with E-state index in [1.54, 1.807) is 0 Å². The lowest BCUT2D eigenvalue weighted by atomic mass is 10.1. The van der Waals surface area contributed by atoms with Crippen molar-refractivity contribution in [3.8, 4) is 0 Å². The highest BCUT2D eigenvalue weighted by Crippen LogP contribution is 2.26. The summed E-state index contributed by atoms with van der Waals surface area (Å²) in [5.74, 6) is -0.916. The van der Waals surface area contributed by atoms with Gasteiger partial charge in [0.05, 0.1) is 5.92 Å². The number of nitrogens with one attached hydrogen (secondary N) is 1. The van der Waals surface area contributed by atoms with E-state index < -0.39 is 17.8 Å². The first-order valence-corrected chi connectivity index (χ1v) is 7.81. The Kier molecular flexibility index (Phi) is 3.71. The van der Waals surface area contributed by atoms with Gasteiger partial charge in [-0.3, -0.25) is 19.0 Å². The summed E-state index contributed by atoms with van der Waals surface area (Å²) >= 11 is 1.49. The van der Waals surface area contributed by atoms with Crippen molar-refractivity contribution in [1.29, 1.82) is 0 Å². The summed E-state index contributed by atoms with van der Waals surface area (Å²) < 4.78 is 1.51. The highest BCUT2D eigenvalue weighted by Gasteiger charge is 2.31. The van der Waals surface area contributed by atoms with Gasteiger partial charge >= 0.3 is 5.97 Å². The highest BCUT2D eigenvalue weighted by atomic mass is 32.2. The molecule has 1 fully saturated rings. The molecule has 2 N–H and O–H groups in total. The normalized spacial score (nSPS) is 23.8. The van der Waals surface area contributed by atoms with E-state index in [2.05, 4.69) is 10.3 Å². The van der Waals surface area contributed by atoms with Crippen LogP contribution >= 0.6 is 11.8 Å². The molecule has 7 nitrogen and oxygen atoms in total. The van der Waals surface area contributed by atoms with Crippen molar-refractivity contribution in [3.63, 3.8) is 0 Å². The predicted molar refractivity (Wildman–Crippen MR) is 75.5 cm³/mol. The van der Waals surface area contributed by atoms with Crippen LogP contribution < -0.4 is 10.9 Å². The molecule has 112 valence electrons. The van der Waals surface area contributed by atoms with Gasteiger partial charge in [-0.25, -0.2) is 4.98 Å². The number of carbonyl (C=O) groups excluding carboxylic acids is 1. The average Bonchev–Trinajstić information content (AvgIpc) is 3.07. The average molecular weight is 309 g/mol. The van der Waals surface area contributed by atoms with Crippen LogP contribution in [0.2, 0.25) is 0 Å². The SMILES string of the molecule is O=C(N[C@H]1CC[C@@H](C(=O)O)C1)c1cnc2n(c1=O)CCS2. The predicted octanol–water partition coefficient (Wildman–Crippen LogP) is 0.332. The molecule has 0 saturated heterocycles. The third-order valence-corrected chi connectivity index (χ3v) is 4.89. The number of hydrogen-bond acceptors (Lipinski definition) is 5. The van der Waals surface area contributed by atoms with Crippen LogP contribution in [-0.4, -0.2) is 38.3 Å². The fourth-order valence-electron chi connectivity index (χ4n) is 2.77. The summed E-state index contributed by atoms with van der Waals surface area (Å²) in [7, 11) is 0. The Morgan fingerprint density at radius 2 is 2.24 bits per heavy atom. The number of hydrogen-bond donors (Lipinski definition) is 2. The van der Waals surface area contributed by atoms with Crippen LogP contribution in [0.25, 0.3) is 0 Å². The van der Waals surface area contributed by atoms with Gasteiger partial charge in [0.1, 0.15) is 5.56 Å². The van der Waals surface area contributed by atoms with Crippen molar-refractivity contribution >= 4 is 23.6 Å². The van der Waals surface area contributed by atoms with Crippen LogP contribution in [0.3, 0.4) is 0 Å². The number of thioether (sulfide) groups is 1. The topological polar surface area (TPSA) is 101 Å². The Bertz CT molecular complexity index is 657. The Morgan fingerprint density at radius 1 is 1.43 bits per heavy atom. The number of nitrogens with zero attached hydrogens (tertiary/aromatic N) is 2. The lowest BCUT2D eigenvalue weighted by molar-refractivity contribution is -0.141. The van der Waals surface area contributed by atoms with E-state index in [1.165, 1.54) is 22.5 Å². The van der Waals surface area contributed by atoms with Crippen molar-refractivity contribution in [2.45, 2.75) is 37.0 Å². The van der Waals surface area contributed by atoms with Gasteiger partial charge in [-0.15, -0.1) is 0 Å². The Hall–Kier alpha value is -1.83. The molecule has 0 unspecified atom stereocenters. The van der Waals surface area contributed by atoms with Gasteiger partial charge in [-0.2, -0.15) is 0 Å². The standard InChI is InChI=1S/C13H15N3O4S/c17-10(15-8-2-1-7(5-8)12(19)20)9-6-14-13-16(11(9)18)3-4-21-13/h6-8H,1-5H2,(H,15,17)(H,19,20)/t7-,8+/m1/s1. The third kappa shape index (κ3) is 2.67. The van der Waals surface area contributed by atoms with Gasteiger partial charge in [0.15, 0.2) is 5.16 Å². The summed E-state index contributed by atoms with van der Waals surface area (Å²) in [6, 6.07) is -0.189. The Balaban J connectivity index is 1.72. The number of aromatic nitrogens is 2. The van der Waals surface area contributed by atoms with E-state index in [0.717, 1.165) is 5.75 Å². The number of carboxylic acid groups (broad SMARTS) is 1. The lowest BCUT2D eigenvalue weighted by Gasteiger charge is -2.12. The molecule has 1 saturated carbocycles. The molecule has 21 heavy (non-hydrogen) atoms. The van der Waals surface area contributed by atoms with Gasteiger partial charge < -0.3 is 10.4 Å². The molecule has 0 radical (unpaired) electrons.